The fourth-order valence-corrected chi connectivity index (χ4v) is 2.38. The van der Waals surface area contributed by atoms with Crippen molar-refractivity contribution in [2.75, 3.05) is 17.5 Å². The molecule has 3 rings (SSSR count). The molecule has 0 aliphatic carbocycles. The van der Waals surface area contributed by atoms with Crippen LogP contribution in [0.5, 0.6) is 11.5 Å². The maximum absolute atomic E-state index is 5.85. The average molecular weight is 334 g/mol. The second-order valence-corrected chi connectivity index (χ2v) is 5.51. The highest BCUT2D eigenvalue weighted by Crippen LogP contribution is 2.21. The van der Waals surface area contributed by atoms with E-state index >= 15 is 0 Å². The fourth-order valence-electron chi connectivity index (χ4n) is 2.38. The van der Waals surface area contributed by atoms with Crippen LogP contribution < -0.4 is 20.3 Å². The molecule has 0 unspecified atom stereocenters. The predicted molar refractivity (Wildman–Crippen MR) is 102 cm³/mol. The van der Waals surface area contributed by atoms with Crippen LogP contribution in [-0.2, 0) is 6.61 Å². The first-order valence-electron chi connectivity index (χ1n) is 8.35. The summed E-state index contributed by atoms with van der Waals surface area (Å²) in [4.78, 5) is 0. The number of hydrazine groups is 1. The number of hydrogen-bond acceptors (Lipinski definition) is 4. The van der Waals surface area contributed by atoms with Crippen molar-refractivity contribution in [1.29, 1.82) is 0 Å². The topological polar surface area (TPSA) is 42.5 Å². The zero-order valence-electron chi connectivity index (χ0n) is 14.2. The standard InChI is InChI=1S/C21H22N2O2/c1-2-24-20-12-6-10-18(14-20)22-23-19-11-7-13-21(15-19)25-16-17-8-4-3-5-9-17/h3-15,22-23H,2,16H2,1H3. The van der Waals surface area contributed by atoms with Crippen LogP contribution in [0.2, 0.25) is 0 Å². The molecule has 0 heterocycles. The number of anilines is 2. The molecule has 128 valence electrons. The van der Waals surface area contributed by atoms with E-state index in [0.29, 0.717) is 13.2 Å². The zero-order chi connectivity index (χ0) is 17.3. The Kier molecular flexibility index (Phi) is 5.77. The first kappa shape index (κ1) is 16.7. The number of hydrogen-bond donors (Lipinski definition) is 2. The molecule has 4 nitrogen and oxygen atoms in total. The van der Waals surface area contributed by atoms with E-state index in [1.54, 1.807) is 0 Å². The maximum atomic E-state index is 5.85. The van der Waals surface area contributed by atoms with Gasteiger partial charge >= 0.3 is 0 Å². The summed E-state index contributed by atoms with van der Waals surface area (Å²) in [7, 11) is 0. The van der Waals surface area contributed by atoms with Crippen LogP contribution in [0, 0.1) is 0 Å². The molecule has 3 aromatic carbocycles. The van der Waals surface area contributed by atoms with Gasteiger partial charge in [0.15, 0.2) is 0 Å². The predicted octanol–water partition coefficient (Wildman–Crippen LogP) is 5.10. The Balaban J connectivity index is 1.57. The van der Waals surface area contributed by atoms with Crippen LogP contribution in [0.1, 0.15) is 12.5 Å². The van der Waals surface area contributed by atoms with Crippen molar-refractivity contribution in [2.45, 2.75) is 13.5 Å². The van der Waals surface area contributed by atoms with Gasteiger partial charge in [0, 0.05) is 12.1 Å². The lowest BCUT2D eigenvalue weighted by atomic mass is 10.2. The van der Waals surface area contributed by atoms with E-state index in [4.69, 9.17) is 9.47 Å². The SMILES string of the molecule is CCOc1cccc(NNc2cccc(OCc3ccccc3)c2)c1. The molecule has 0 fully saturated rings. The molecule has 0 saturated heterocycles. The van der Waals surface area contributed by atoms with Gasteiger partial charge < -0.3 is 20.3 Å². The van der Waals surface area contributed by atoms with Gasteiger partial charge in [0.05, 0.1) is 18.0 Å². The average Bonchev–Trinajstić information content (AvgIpc) is 2.67. The highest BCUT2D eigenvalue weighted by Gasteiger charge is 1.99. The van der Waals surface area contributed by atoms with Gasteiger partial charge in [-0.15, -0.1) is 0 Å². The van der Waals surface area contributed by atoms with Crippen molar-refractivity contribution < 1.29 is 9.47 Å². The van der Waals surface area contributed by atoms with Crippen molar-refractivity contribution in [2.24, 2.45) is 0 Å². The van der Waals surface area contributed by atoms with Crippen molar-refractivity contribution >= 4 is 11.4 Å². The first-order valence-corrected chi connectivity index (χ1v) is 8.35. The van der Waals surface area contributed by atoms with E-state index in [9.17, 15) is 0 Å². The van der Waals surface area contributed by atoms with Crippen LogP contribution in [0.15, 0.2) is 78.9 Å². The number of rotatable bonds is 8. The summed E-state index contributed by atoms with van der Waals surface area (Å²) < 4.78 is 11.4. The lowest BCUT2D eigenvalue weighted by Gasteiger charge is -2.13. The van der Waals surface area contributed by atoms with E-state index in [1.807, 2.05) is 73.7 Å². The van der Waals surface area contributed by atoms with Gasteiger partial charge in [0.2, 0.25) is 0 Å². The molecule has 0 aliphatic heterocycles. The Morgan fingerprint density at radius 2 is 1.28 bits per heavy atom. The van der Waals surface area contributed by atoms with Crippen molar-refractivity contribution in [3.05, 3.63) is 84.4 Å². The molecule has 0 spiro atoms. The molecule has 0 amide bonds. The van der Waals surface area contributed by atoms with Gasteiger partial charge in [-0.3, -0.25) is 0 Å². The highest BCUT2D eigenvalue weighted by atomic mass is 16.5. The van der Waals surface area contributed by atoms with Gasteiger partial charge in [-0.25, -0.2) is 0 Å². The summed E-state index contributed by atoms with van der Waals surface area (Å²) in [5.74, 6) is 1.66. The summed E-state index contributed by atoms with van der Waals surface area (Å²) in [6.45, 7) is 3.17. The van der Waals surface area contributed by atoms with Crippen LogP contribution in [0.25, 0.3) is 0 Å². The van der Waals surface area contributed by atoms with Gasteiger partial charge in [-0.1, -0.05) is 42.5 Å². The Labute approximate surface area is 148 Å². The monoisotopic (exact) mass is 334 g/mol. The highest BCUT2D eigenvalue weighted by molar-refractivity contribution is 5.56. The Bertz CT molecular complexity index is 791. The minimum Gasteiger partial charge on any atom is -0.494 e. The Morgan fingerprint density at radius 1 is 0.680 bits per heavy atom. The molecule has 0 aliphatic rings. The van der Waals surface area contributed by atoms with Crippen molar-refractivity contribution in [3.8, 4) is 11.5 Å². The lowest BCUT2D eigenvalue weighted by molar-refractivity contribution is 0.306. The number of nitrogens with one attached hydrogen (secondary N) is 2. The molecule has 0 aromatic heterocycles. The summed E-state index contributed by atoms with van der Waals surface area (Å²) >= 11 is 0. The summed E-state index contributed by atoms with van der Waals surface area (Å²) in [5, 5.41) is 0. The molecular weight excluding hydrogens is 312 g/mol. The third-order valence-electron chi connectivity index (χ3n) is 3.58. The van der Waals surface area contributed by atoms with E-state index in [1.165, 1.54) is 0 Å². The van der Waals surface area contributed by atoms with Gasteiger partial charge in [0.1, 0.15) is 18.1 Å². The van der Waals surface area contributed by atoms with Crippen LogP contribution in [-0.4, -0.2) is 6.61 Å². The minimum atomic E-state index is 0.550. The smallest absolute Gasteiger partial charge is 0.121 e. The molecule has 0 radical (unpaired) electrons. The van der Waals surface area contributed by atoms with Gasteiger partial charge in [-0.05, 0) is 36.8 Å². The van der Waals surface area contributed by atoms with Gasteiger partial charge in [-0.2, -0.15) is 0 Å². The third kappa shape index (κ3) is 5.18. The fraction of sp³-hybridized carbons (Fsp3) is 0.143. The van der Waals surface area contributed by atoms with E-state index in [0.717, 1.165) is 28.4 Å². The largest absolute Gasteiger partial charge is 0.494 e. The van der Waals surface area contributed by atoms with E-state index < -0.39 is 0 Å². The molecular formula is C21H22N2O2. The Hall–Kier alpha value is -3.14. The van der Waals surface area contributed by atoms with Crippen LogP contribution in [0.4, 0.5) is 11.4 Å². The van der Waals surface area contributed by atoms with Crippen LogP contribution >= 0.6 is 0 Å². The Morgan fingerprint density at radius 3 is 1.88 bits per heavy atom. The summed E-state index contributed by atoms with van der Waals surface area (Å²) in [6, 6.07) is 25.8. The van der Waals surface area contributed by atoms with E-state index in [2.05, 4.69) is 23.0 Å². The maximum Gasteiger partial charge on any atom is 0.121 e. The molecule has 2 N–H and O–H groups in total. The quantitative estimate of drug-likeness (QED) is 0.562. The number of ether oxygens (including phenoxy) is 2. The summed E-state index contributed by atoms with van der Waals surface area (Å²) in [6.07, 6.45) is 0. The second-order valence-electron chi connectivity index (χ2n) is 5.51. The van der Waals surface area contributed by atoms with E-state index in [-0.39, 0.29) is 0 Å². The molecule has 25 heavy (non-hydrogen) atoms. The normalized spacial score (nSPS) is 10.1. The van der Waals surface area contributed by atoms with Crippen molar-refractivity contribution in [3.63, 3.8) is 0 Å². The minimum absolute atomic E-state index is 0.550. The molecule has 0 saturated carbocycles. The van der Waals surface area contributed by atoms with Crippen molar-refractivity contribution in [1.82, 2.24) is 0 Å². The third-order valence-corrected chi connectivity index (χ3v) is 3.58. The first-order chi connectivity index (χ1) is 12.3. The second kappa shape index (κ2) is 8.64. The lowest BCUT2D eigenvalue weighted by Crippen LogP contribution is -2.08. The van der Waals surface area contributed by atoms with Crippen LogP contribution in [0.3, 0.4) is 0 Å². The molecule has 0 atom stereocenters. The summed E-state index contributed by atoms with van der Waals surface area (Å²) in [5.41, 5.74) is 9.36. The van der Waals surface area contributed by atoms with Gasteiger partial charge in [0.25, 0.3) is 0 Å². The molecule has 4 heteroatoms. The molecule has 0 bridgehead atoms. The number of benzene rings is 3. The molecule has 3 aromatic rings. The zero-order valence-corrected chi connectivity index (χ0v) is 14.2.